The zero-order valence-corrected chi connectivity index (χ0v) is 24.6. The number of halogens is 3. The molecule has 2 N–H and O–H groups in total. The van der Waals surface area contributed by atoms with E-state index in [9.17, 15) is 22.5 Å². The molecular formula is C32H27F3N5O3P. The van der Waals surface area contributed by atoms with Crippen molar-refractivity contribution in [1.82, 2.24) is 15.0 Å². The van der Waals surface area contributed by atoms with E-state index < -0.39 is 30.7 Å². The normalized spacial score (nSPS) is 11.6. The summed E-state index contributed by atoms with van der Waals surface area (Å²) in [5.74, 6) is -1.16. The predicted octanol–water partition coefficient (Wildman–Crippen LogP) is 7.65. The number of alkyl halides is 3. The van der Waals surface area contributed by atoms with Gasteiger partial charge in [0.15, 0.2) is 0 Å². The number of carbonyl (C=O) groups is 1. The van der Waals surface area contributed by atoms with Crippen LogP contribution in [-0.4, -0.2) is 34.3 Å². The Bertz CT molecular complexity index is 1810. The molecule has 0 radical (unpaired) electrons. The Morgan fingerprint density at radius 1 is 0.886 bits per heavy atom. The minimum atomic E-state index is -4.77. The summed E-state index contributed by atoms with van der Waals surface area (Å²) < 4.78 is 60.5. The number of aromatic nitrogens is 3. The van der Waals surface area contributed by atoms with E-state index >= 15 is 0 Å². The highest BCUT2D eigenvalue weighted by atomic mass is 31.2. The van der Waals surface area contributed by atoms with Crippen molar-refractivity contribution < 1.29 is 27.3 Å². The van der Waals surface area contributed by atoms with Crippen LogP contribution in [0.15, 0.2) is 103 Å². The van der Waals surface area contributed by atoms with Gasteiger partial charge in [-0.15, -0.1) is 0 Å². The molecule has 0 bridgehead atoms. The van der Waals surface area contributed by atoms with Crippen LogP contribution < -0.4 is 15.9 Å². The lowest BCUT2D eigenvalue weighted by molar-refractivity contribution is -0.137. The van der Waals surface area contributed by atoms with Crippen molar-refractivity contribution in [2.24, 2.45) is 0 Å². The number of hydrogen-bond donors (Lipinski definition) is 2. The zero-order valence-electron chi connectivity index (χ0n) is 23.7. The lowest BCUT2D eigenvalue weighted by Crippen LogP contribution is -2.16. The Kier molecular flexibility index (Phi) is 8.78. The Morgan fingerprint density at radius 3 is 2.27 bits per heavy atom. The van der Waals surface area contributed by atoms with Crippen LogP contribution >= 0.6 is 7.14 Å². The van der Waals surface area contributed by atoms with E-state index in [-0.39, 0.29) is 18.2 Å². The Hall–Kier alpha value is -5.02. The average Bonchev–Trinajstić information content (AvgIpc) is 3.00. The number of esters is 1. The SMILES string of the molecule is CP(C)(=O)c1cc(-c2ccccn2)ccc1Nc1nc(Nc2ccc(C(=O)OCc3ccccc3)cc2)ncc1C(F)(F)F. The summed E-state index contributed by atoms with van der Waals surface area (Å²) in [7, 11) is -2.97. The molecule has 12 heteroatoms. The molecule has 5 aromatic rings. The van der Waals surface area contributed by atoms with E-state index in [2.05, 4.69) is 25.6 Å². The van der Waals surface area contributed by atoms with E-state index in [1.54, 1.807) is 48.7 Å². The monoisotopic (exact) mass is 617 g/mol. The van der Waals surface area contributed by atoms with Crippen LogP contribution in [0.3, 0.4) is 0 Å². The van der Waals surface area contributed by atoms with Crippen molar-refractivity contribution >= 4 is 41.6 Å². The van der Waals surface area contributed by atoms with Crippen LogP contribution in [0, 0.1) is 0 Å². The van der Waals surface area contributed by atoms with Crippen molar-refractivity contribution in [3.8, 4) is 11.3 Å². The Morgan fingerprint density at radius 2 is 1.61 bits per heavy atom. The van der Waals surface area contributed by atoms with E-state index in [1.165, 1.54) is 25.5 Å². The van der Waals surface area contributed by atoms with Gasteiger partial charge in [0, 0.05) is 28.9 Å². The zero-order chi connectivity index (χ0) is 31.3. The number of anilines is 4. The maximum Gasteiger partial charge on any atom is 0.421 e. The van der Waals surface area contributed by atoms with Crippen LogP contribution in [0.4, 0.5) is 36.3 Å². The third-order valence-electron chi connectivity index (χ3n) is 6.48. The summed E-state index contributed by atoms with van der Waals surface area (Å²) in [6, 6.07) is 25.7. The molecule has 0 aliphatic heterocycles. The summed E-state index contributed by atoms with van der Waals surface area (Å²) in [5.41, 5.74) is 2.00. The first kappa shape index (κ1) is 30.4. The molecule has 2 heterocycles. The second kappa shape index (κ2) is 12.7. The highest BCUT2D eigenvalue weighted by Gasteiger charge is 2.36. The molecule has 44 heavy (non-hydrogen) atoms. The minimum absolute atomic E-state index is 0.119. The first-order chi connectivity index (χ1) is 21.0. The molecule has 0 spiro atoms. The van der Waals surface area contributed by atoms with Crippen LogP contribution in [0.5, 0.6) is 0 Å². The molecule has 3 aromatic carbocycles. The van der Waals surface area contributed by atoms with Crippen molar-refractivity contribution in [3.63, 3.8) is 0 Å². The van der Waals surface area contributed by atoms with E-state index in [0.717, 1.165) is 5.56 Å². The molecule has 0 saturated carbocycles. The second-order valence-electron chi connectivity index (χ2n) is 10.1. The number of nitrogens with zero attached hydrogens (tertiary/aromatic N) is 3. The first-order valence-corrected chi connectivity index (χ1v) is 16.0. The fourth-order valence-corrected chi connectivity index (χ4v) is 5.43. The molecule has 0 unspecified atom stereocenters. The number of rotatable bonds is 9. The number of benzene rings is 3. The van der Waals surface area contributed by atoms with E-state index in [0.29, 0.717) is 34.0 Å². The summed E-state index contributed by atoms with van der Waals surface area (Å²) in [5, 5.41) is 5.95. The maximum absolute atomic E-state index is 14.0. The lowest BCUT2D eigenvalue weighted by atomic mass is 10.1. The van der Waals surface area contributed by atoms with Crippen molar-refractivity contribution in [3.05, 3.63) is 120 Å². The molecule has 5 rings (SSSR count). The number of pyridine rings is 1. The van der Waals surface area contributed by atoms with Crippen LogP contribution in [-0.2, 0) is 22.1 Å². The molecule has 0 aliphatic rings. The number of hydrogen-bond acceptors (Lipinski definition) is 8. The predicted molar refractivity (Wildman–Crippen MR) is 164 cm³/mol. The van der Waals surface area contributed by atoms with Crippen LogP contribution in [0.2, 0.25) is 0 Å². The molecular weight excluding hydrogens is 590 g/mol. The van der Waals surface area contributed by atoms with Gasteiger partial charge in [0.1, 0.15) is 25.1 Å². The Labute approximate surface area is 251 Å². The topological polar surface area (TPSA) is 106 Å². The van der Waals surface area contributed by atoms with Gasteiger partial charge >= 0.3 is 12.1 Å². The van der Waals surface area contributed by atoms with Crippen molar-refractivity contribution in [1.29, 1.82) is 0 Å². The minimum Gasteiger partial charge on any atom is -0.457 e. The molecule has 0 amide bonds. The third-order valence-corrected chi connectivity index (χ3v) is 8.01. The van der Waals surface area contributed by atoms with E-state index in [1.807, 2.05) is 36.4 Å². The first-order valence-electron chi connectivity index (χ1n) is 13.4. The summed E-state index contributed by atoms with van der Waals surface area (Å²) in [6.07, 6.45) is -2.47. The molecule has 0 fully saturated rings. The highest BCUT2D eigenvalue weighted by molar-refractivity contribution is 7.70. The van der Waals surface area contributed by atoms with Gasteiger partial charge in [-0.05, 0) is 67.4 Å². The maximum atomic E-state index is 14.0. The molecule has 0 atom stereocenters. The van der Waals surface area contributed by atoms with Gasteiger partial charge in [-0.25, -0.2) is 9.78 Å². The van der Waals surface area contributed by atoms with Gasteiger partial charge in [0.05, 0.1) is 16.9 Å². The van der Waals surface area contributed by atoms with Crippen molar-refractivity contribution in [2.75, 3.05) is 24.0 Å². The molecule has 224 valence electrons. The lowest BCUT2D eigenvalue weighted by Gasteiger charge is -2.19. The van der Waals surface area contributed by atoms with E-state index in [4.69, 9.17) is 4.74 Å². The molecule has 8 nitrogen and oxygen atoms in total. The number of carbonyl (C=O) groups excluding carboxylic acids is 1. The molecule has 0 saturated heterocycles. The van der Waals surface area contributed by atoms with Gasteiger partial charge in [-0.3, -0.25) is 4.98 Å². The highest BCUT2D eigenvalue weighted by Crippen LogP contribution is 2.41. The smallest absolute Gasteiger partial charge is 0.421 e. The largest absolute Gasteiger partial charge is 0.457 e. The molecule has 2 aromatic heterocycles. The summed E-state index contributed by atoms with van der Waals surface area (Å²) in [4.78, 5) is 24.7. The number of nitrogens with one attached hydrogen (secondary N) is 2. The quantitative estimate of drug-likeness (QED) is 0.128. The van der Waals surface area contributed by atoms with Gasteiger partial charge in [0.2, 0.25) is 5.95 Å². The van der Waals surface area contributed by atoms with Crippen molar-refractivity contribution in [2.45, 2.75) is 12.8 Å². The third kappa shape index (κ3) is 7.48. The van der Waals surface area contributed by atoms with Gasteiger partial charge < -0.3 is 19.9 Å². The standard InChI is InChI=1S/C32H27F3N5O3P/c1-44(2,42)28-18-23(26-10-6-7-17-36-26)13-16-27(28)39-29-25(32(33,34)35)19-37-31(40-29)38-24-14-11-22(12-15-24)30(41)43-20-21-8-4-3-5-9-21/h3-19H,20H2,1-2H3,(H2,37,38,39,40). The van der Waals surface area contributed by atoms with Crippen LogP contribution in [0.25, 0.3) is 11.3 Å². The fraction of sp³-hybridized carbons (Fsp3) is 0.125. The molecule has 0 aliphatic carbocycles. The van der Waals surface area contributed by atoms with Gasteiger partial charge in [-0.1, -0.05) is 42.5 Å². The Balaban J connectivity index is 1.38. The van der Waals surface area contributed by atoms with Crippen LogP contribution in [0.1, 0.15) is 21.5 Å². The summed E-state index contributed by atoms with van der Waals surface area (Å²) in [6.45, 7) is 3.19. The second-order valence-corrected chi connectivity index (χ2v) is 13.3. The van der Waals surface area contributed by atoms with Gasteiger partial charge in [-0.2, -0.15) is 18.2 Å². The number of ether oxygens (including phenoxy) is 1. The van der Waals surface area contributed by atoms with Gasteiger partial charge in [0.25, 0.3) is 0 Å². The fourth-order valence-electron chi connectivity index (χ4n) is 4.27. The average molecular weight is 618 g/mol. The summed E-state index contributed by atoms with van der Waals surface area (Å²) >= 11 is 0.